The number of benzene rings is 1. The van der Waals surface area contributed by atoms with Gasteiger partial charge in [0.25, 0.3) is 0 Å². The SMILES string of the molecule is CCc1nncn1CCNC(=NCC(C)N1CCOCC1)NC(C)c1ccccc1.I. The minimum absolute atomic E-state index is 0. The Bertz CT molecular complexity index is 777. The first-order chi connectivity index (χ1) is 14.7. The van der Waals surface area contributed by atoms with E-state index in [0.29, 0.717) is 6.04 Å². The molecule has 0 amide bonds. The summed E-state index contributed by atoms with van der Waals surface area (Å²) in [5.41, 5.74) is 1.24. The summed E-state index contributed by atoms with van der Waals surface area (Å²) in [5, 5.41) is 15.2. The van der Waals surface area contributed by atoms with Gasteiger partial charge in [0.05, 0.1) is 25.8 Å². The minimum Gasteiger partial charge on any atom is -0.379 e. The lowest BCUT2D eigenvalue weighted by molar-refractivity contribution is 0.0220. The molecule has 3 rings (SSSR count). The van der Waals surface area contributed by atoms with Crippen LogP contribution in [0.25, 0.3) is 0 Å². The van der Waals surface area contributed by atoms with Crippen LogP contribution in [0.5, 0.6) is 0 Å². The molecule has 2 unspecified atom stereocenters. The second-order valence-electron chi connectivity index (χ2n) is 7.68. The fourth-order valence-electron chi connectivity index (χ4n) is 3.57. The molecule has 0 radical (unpaired) electrons. The Morgan fingerprint density at radius 2 is 1.94 bits per heavy atom. The lowest BCUT2D eigenvalue weighted by Gasteiger charge is -2.31. The molecular weight excluding hydrogens is 505 g/mol. The fraction of sp³-hybridized carbons (Fsp3) is 0.591. The largest absolute Gasteiger partial charge is 0.379 e. The van der Waals surface area contributed by atoms with Crippen LogP contribution in [0.15, 0.2) is 41.7 Å². The molecule has 0 spiro atoms. The quantitative estimate of drug-likeness (QED) is 0.289. The van der Waals surface area contributed by atoms with Crippen LogP contribution < -0.4 is 10.6 Å². The summed E-state index contributed by atoms with van der Waals surface area (Å²) in [6.45, 7) is 12.3. The van der Waals surface area contributed by atoms with Crippen LogP contribution in [0.1, 0.15) is 38.2 Å². The number of hydrogen-bond donors (Lipinski definition) is 2. The molecule has 1 saturated heterocycles. The first kappa shape index (κ1) is 25.5. The number of nitrogens with one attached hydrogen (secondary N) is 2. The number of ether oxygens (including phenoxy) is 1. The smallest absolute Gasteiger partial charge is 0.191 e. The van der Waals surface area contributed by atoms with Gasteiger partial charge >= 0.3 is 0 Å². The summed E-state index contributed by atoms with van der Waals surface area (Å²) in [7, 11) is 0. The van der Waals surface area contributed by atoms with Crippen LogP contribution in [0, 0.1) is 0 Å². The van der Waals surface area contributed by atoms with Gasteiger partial charge < -0.3 is 19.9 Å². The Morgan fingerprint density at radius 3 is 2.65 bits per heavy atom. The molecule has 8 nitrogen and oxygen atoms in total. The molecule has 172 valence electrons. The Morgan fingerprint density at radius 1 is 1.19 bits per heavy atom. The number of guanidine groups is 1. The van der Waals surface area contributed by atoms with Crippen LogP contribution in [0.2, 0.25) is 0 Å². The van der Waals surface area contributed by atoms with Crippen molar-refractivity contribution >= 4 is 29.9 Å². The van der Waals surface area contributed by atoms with Gasteiger partial charge in [-0.2, -0.15) is 0 Å². The van der Waals surface area contributed by atoms with E-state index in [2.05, 4.69) is 75.3 Å². The predicted octanol–water partition coefficient (Wildman–Crippen LogP) is 2.48. The monoisotopic (exact) mass is 541 g/mol. The lowest BCUT2D eigenvalue weighted by Crippen LogP contribution is -2.45. The van der Waals surface area contributed by atoms with E-state index < -0.39 is 0 Å². The average Bonchev–Trinajstić information content (AvgIpc) is 3.25. The lowest BCUT2D eigenvalue weighted by atomic mass is 10.1. The molecule has 0 bridgehead atoms. The van der Waals surface area contributed by atoms with E-state index in [1.807, 2.05) is 6.07 Å². The normalized spacial score (nSPS) is 16.9. The maximum Gasteiger partial charge on any atom is 0.191 e. The Hall–Kier alpha value is -1.72. The topological polar surface area (TPSA) is 79.6 Å². The first-order valence-corrected chi connectivity index (χ1v) is 11.0. The van der Waals surface area contributed by atoms with E-state index >= 15 is 0 Å². The Labute approximate surface area is 202 Å². The van der Waals surface area contributed by atoms with E-state index in [1.165, 1.54) is 5.56 Å². The molecular formula is C22H36IN7O. The summed E-state index contributed by atoms with van der Waals surface area (Å²) in [4.78, 5) is 7.34. The molecule has 2 aromatic rings. The molecule has 1 aliphatic heterocycles. The third-order valence-corrected chi connectivity index (χ3v) is 5.49. The van der Waals surface area contributed by atoms with Crippen LogP contribution in [-0.4, -0.2) is 71.1 Å². The number of nitrogens with zero attached hydrogens (tertiary/aromatic N) is 5. The van der Waals surface area contributed by atoms with Crippen molar-refractivity contribution in [3.05, 3.63) is 48.0 Å². The molecule has 1 aliphatic rings. The molecule has 31 heavy (non-hydrogen) atoms. The first-order valence-electron chi connectivity index (χ1n) is 11.0. The fourth-order valence-corrected chi connectivity index (χ4v) is 3.57. The zero-order chi connectivity index (χ0) is 21.2. The highest BCUT2D eigenvalue weighted by Crippen LogP contribution is 2.11. The third-order valence-electron chi connectivity index (χ3n) is 5.49. The van der Waals surface area contributed by atoms with Crippen LogP contribution in [0.3, 0.4) is 0 Å². The molecule has 2 atom stereocenters. The zero-order valence-corrected chi connectivity index (χ0v) is 21.2. The molecule has 1 aromatic carbocycles. The molecule has 0 saturated carbocycles. The minimum atomic E-state index is 0. The number of hydrogen-bond acceptors (Lipinski definition) is 5. The van der Waals surface area contributed by atoms with Crippen LogP contribution in [-0.2, 0) is 17.7 Å². The molecule has 9 heteroatoms. The van der Waals surface area contributed by atoms with Crippen LogP contribution in [0.4, 0.5) is 0 Å². The van der Waals surface area contributed by atoms with Crippen molar-refractivity contribution in [3.8, 4) is 0 Å². The highest BCUT2D eigenvalue weighted by atomic mass is 127. The van der Waals surface area contributed by atoms with Crippen molar-refractivity contribution in [1.29, 1.82) is 0 Å². The zero-order valence-electron chi connectivity index (χ0n) is 18.8. The van der Waals surface area contributed by atoms with Gasteiger partial charge in [-0.25, -0.2) is 0 Å². The number of aliphatic imine (C=N–C) groups is 1. The van der Waals surface area contributed by atoms with Crippen molar-refractivity contribution in [3.63, 3.8) is 0 Å². The van der Waals surface area contributed by atoms with Crippen LogP contribution >= 0.6 is 24.0 Å². The third kappa shape index (κ3) is 8.04. The van der Waals surface area contributed by atoms with Crippen molar-refractivity contribution in [2.75, 3.05) is 39.4 Å². The maximum absolute atomic E-state index is 5.47. The molecule has 1 fully saturated rings. The van der Waals surface area contributed by atoms with E-state index in [-0.39, 0.29) is 30.0 Å². The molecule has 2 N–H and O–H groups in total. The van der Waals surface area contributed by atoms with Gasteiger partial charge in [-0.05, 0) is 19.4 Å². The number of morpholine rings is 1. The maximum atomic E-state index is 5.47. The van der Waals surface area contributed by atoms with Gasteiger partial charge in [-0.15, -0.1) is 34.2 Å². The summed E-state index contributed by atoms with van der Waals surface area (Å²) < 4.78 is 7.55. The van der Waals surface area contributed by atoms with E-state index in [0.717, 1.165) is 64.1 Å². The van der Waals surface area contributed by atoms with Gasteiger partial charge in [0.15, 0.2) is 5.96 Å². The highest BCUT2D eigenvalue weighted by molar-refractivity contribution is 14.0. The van der Waals surface area contributed by atoms with E-state index in [1.54, 1.807) is 6.33 Å². The summed E-state index contributed by atoms with van der Waals surface area (Å²) >= 11 is 0. The summed E-state index contributed by atoms with van der Waals surface area (Å²) in [6, 6.07) is 11.0. The second-order valence-corrected chi connectivity index (χ2v) is 7.68. The highest BCUT2D eigenvalue weighted by Gasteiger charge is 2.17. The number of aryl methyl sites for hydroxylation is 1. The number of halogens is 1. The Kier molecular flexibility index (Phi) is 11.2. The van der Waals surface area contributed by atoms with Crippen molar-refractivity contribution < 1.29 is 4.74 Å². The van der Waals surface area contributed by atoms with Gasteiger partial charge in [0, 0.05) is 38.6 Å². The number of aromatic nitrogens is 3. The predicted molar refractivity (Wildman–Crippen MR) is 135 cm³/mol. The molecule has 2 heterocycles. The summed E-state index contributed by atoms with van der Waals surface area (Å²) in [5.74, 6) is 1.83. The second kappa shape index (κ2) is 13.6. The van der Waals surface area contributed by atoms with E-state index in [4.69, 9.17) is 9.73 Å². The van der Waals surface area contributed by atoms with Crippen molar-refractivity contribution in [2.45, 2.75) is 45.8 Å². The molecule has 0 aliphatic carbocycles. The van der Waals surface area contributed by atoms with Gasteiger partial charge in [-0.1, -0.05) is 37.3 Å². The summed E-state index contributed by atoms with van der Waals surface area (Å²) in [6.07, 6.45) is 2.67. The standard InChI is InChI=1S/C22H35N7O.HI/c1-4-21-27-25-17-29(21)11-10-23-22(26-19(3)20-8-6-5-7-9-20)24-16-18(2)28-12-14-30-15-13-28;/h5-9,17-19H,4,10-16H2,1-3H3,(H2,23,24,26);1H. The number of rotatable bonds is 9. The van der Waals surface area contributed by atoms with Gasteiger partial charge in [-0.3, -0.25) is 9.89 Å². The van der Waals surface area contributed by atoms with Crippen molar-refractivity contribution in [2.24, 2.45) is 4.99 Å². The van der Waals surface area contributed by atoms with E-state index in [9.17, 15) is 0 Å². The van der Waals surface area contributed by atoms with Gasteiger partial charge in [0.1, 0.15) is 12.2 Å². The average molecular weight is 541 g/mol. The van der Waals surface area contributed by atoms with Crippen molar-refractivity contribution in [1.82, 2.24) is 30.3 Å². The molecule has 1 aromatic heterocycles. The van der Waals surface area contributed by atoms with Gasteiger partial charge in [0.2, 0.25) is 0 Å². The Balaban J connectivity index is 0.00000341.